The largest absolute Gasteiger partial charge is 0.392 e. The first-order valence-electron chi connectivity index (χ1n) is 4.96. The SMILES string of the molecule is OCc1ccc(F)c(-c2ccc(Cl)cc2Cl)c1. The average Bonchev–Trinajstić information content (AvgIpc) is 2.30. The Hall–Kier alpha value is -1.09. The smallest absolute Gasteiger partial charge is 0.131 e. The van der Waals surface area contributed by atoms with Crippen molar-refractivity contribution in [2.75, 3.05) is 0 Å². The van der Waals surface area contributed by atoms with Crippen molar-refractivity contribution in [3.05, 3.63) is 57.8 Å². The summed E-state index contributed by atoms with van der Waals surface area (Å²) in [5, 5.41) is 9.92. The molecule has 4 heteroatoms. The summed E-state index contributed by atoms with van der Waals surface area (Å²) in [7, 11) is 0. The number of aliphatic hydroxyl groups is 1. The van der Waals surface area contributed by atoms with Crippen molar-refractivity contribution in [2.24, 2.45) is 0 Å². The minimum Gasteiger partial charge on any atom is -0.392 e. The third-order valence-corrected chi connectivity index (χ3v) is 2.98. The number of rotatable bonds is 2. The molecule has 0 aliphatic rings. The fraction of sp³-hybridized carbons (Fsp3) is 0.0769. The van der Waals surface area contributed by atoms with Gasteiger partial charge in [-0.1, -0.05) is 35.3 Å². The molecule has 2 aromatic rings. The molecular formula is C13H9Cl2FO. The van der Waals surface area contributed by atoms with Gasteiger partial charge in [-0.25, -0.2) is 4.39 Å². The number of benzene rings is 2. The van der Waals surface area contributed by atoms with Crippen molar-refractivity contribution in [1.29, 1.82) is 0 Å². The minimum absolute atomic E-state index is 0.140. The van der Waals surface area contributed by atoms with Crippen molar-refractivity contribution < 1.29 is 9.50 Å². The van der Waals surface area contributed by atoms with E-state index in [2.05, 4.69) is 0 Å². The zero-order valence-corrected chi connectivity index (χ0v) is 10.3. The zero-order chi connectivity index (χ0) is 12.4. The van der Waals surface area contributed by atoms with Crippen LogP contribution < -0.4 is 0 Å². The van der Waals surface area contributed by atoms with Crippen LogP contribution in [0.15, 0.2) is 36.4 Å². The van der Waals surface area contributed by atoms with Crippen LogP contribution in [0.25, 0.3) is 11.1 Å². The van der Waals surface area contributed by atoms with Crippen LogP contribution in [0, 0.1) is 5.82 Å². The fourth-order valence-electron chi connectivity index (χ4n) is 1.59. The van der Waals surface area contributed by atoms with Crippen LogP contribution in [0.2, 0.25) is 10.0 Å². The second-order valence-corrected chi connectivity index (χ2v) is 4.44. The molecule has 2 rings (SSSR count). The lowest BCUT2D eigenvalue weighted by Crippen LogP contribution is -1.90. The number of hydrogen-bond donors (Lipinski definition) is 1. The second kappa shape index (κ2) is 5.05. The second-order valence-electron chi connectivity index (χ2n) is 3.60. The molecule has 0 unspecified atom stereocenters. The fourth-order valence-corrected chi connectivity index (χ4v) is 2.10. The molecule has 0 aliphatic heterocycles. The van der Waals surface area contributed by atoms with Gasteiger partial charge in [0.25, 0.3) is 0 Å². The summed E-state index contributed by atoms with van der Waals surface area (Å²) >= 11 is 11.8. The van der Waals surface area contributed by atoms with E-state index in [1.165, 1.54) is 12.1 Å². The predicted octanol–water partition coefficient (Wildman–Crippen LogP) is 4.29. The molecule has 0 aliphatic carbocycles. The molecule has 0 bridgehead atoms. The highest BCUT2D eigenvalue weighted by atomic mass is 35.5. The maximum Gasteiger partial charge on any atom is 0.131 e. The molecule has 0 heterocycles. The van der Waals surface area contributed by atoms with Gasteiger partial charge >= 0.3 is 0 Å². The first-order chi connectivity index (χ1) is 8.11. The highest BCUT2D eigenvalue weighted by Crippen LogP contribution is 2.32. The summed E-state index contributed by atoms with van der Waals surface area (Å²) in [5.74, 6) is -0.383. The maximum atomic E-state index is 13.7. The quantitative estimate of drug-likeness (QED) is 0.863. The summed E-state index contributed by atoms with van der Waals surface area (Å²) in [4.78, 5) is 0. The first-order valence-corrected chi connectivity index (χ1v) is 5.72. The summed E-state index contributed by atoms with van der Waals surface area (Å²) in [5.41, 5.74) is 1.55. The number of halogens is 3. The van der Waals surface area contributed by atoms with E-state index >= 15 is 0 Å². The van der Waals surface area contributed by atoms with Gasteiger partial charge in [-0.05, 0) is 29.8 Å². The van der Waals surface area contributed by atoms with Crippen LogP contribution in [0.4, 0.5) is 4.39 Å². The minimum atomic E-state index is -0.383. The van der Waals surface area contributed by atoms with Crippen LogP contribution >= 0.6 is 23.2 Å². The van der Waals surface area contributed by atoms with E-state index in [4.69, 9.17) is 28.3 Å². The van der Waals surface area contributed by atoms with Crippen LogP contribution in [0.1, 0.15) is 5.56 Å². The Bertz CT molecular complexity index is 555. The average molecular weight is 271 g/mol. The molecule has 0 amide bonds. The van der Waals surface area contributed by atoms with Crippen molar-refractivity contribution in [2.45, 2.75) is 6.61 Å². The van der Waals surface area contributed by atoms with Gasteiger partial charge in [0.1, 0.15) is 5.82 Å². The molecule has 88 valence electrons. The molecule has 17 heavy (non-hydrogen) atoms. The van der Waals surface area contributed by atoms with Crippen molar-refractivity contribution in [1.82, 2.24) is 0 Å². The van der Waals surface area contributed by atoms with E-state index in [-0.39, 0.29) is 12.4 Å². The molecule has 0 aromatic heterocycles. The highest BCUT2D eigenvalue weighted by molar-refractivity contribution is 6.36. The Morgan fingerprint density at radius 2 is 1.76 bits per heavy atom. The zero-order valence-electron chi connectivity index (χ0n) is 8.75. The summed E-state index contributed by atoms with van der Waals surface area (Å²) in [6.45, 7) is -0.140. The maximum absolute atomic E-state index is 13.7. The van der Waals surface area contributed by atoms with E-state index in [9.17, 15) is 4.39 Å². The van der Waals surface area contributed by atoms with Crippen molar-refractivity contribution in [3.63, 3.8) is 0 Å². The Balaban J connectivity index is 2.59. The van der Waals surface area contributed by atoms with E-state index in [0.29, 0.717) is 26.7 Å². The van der Waals surface area contributed by atoms with Crippen LogP contribution in [0.5, 0.6) is 0 Å². The Morgan fingerprint density at radius 1 is 1.00 bits per heavy atom. The van der Waals surface area contributed by atoms with Crippen LogP contribution in [-0.4, -0.2) is 5.11 Å². The molecule has 0 radical (unpaired) electrons. The highest BCUT2D eigenvalue weighted by Gasteiger charge is 2.10. The van der Waals surface area contributed by atoms with E-state index in [1.54, 1.807) is 24.3 Å². The van der Waals surface area contributed by atoms with Crippen molar-refractivity contribution >= 4 is 23.2 Å². The number of aliphatic hydroxyl groups excluding tert-OH is 1. The lowest BCUT2D eigenvalue weighted by molar-refractivity contribution is 0.282. The molecule has 1 nitrogen and oxygen atoms in total. The Kier molecular flexibility index (Phi) is 3.67. The monoisotopic (exact) mass is 270 g/mol. The third kappa shape index (κ3) is 2.60. The predicted molar refractivity (Wildman–Crippen MR) is 67.8 cm³/mol. The number of hydrogen-bond acceptors (Lipinski definition) is 1. The molecule has 0 spiro atoms. The molecule has 0 saturated carbocycles. The van der Waals surface area contributed by atoms with Gasteiger partial charge in [-0.15, -0.1) is 0 Å². The Labute approximate surface area is 108 Å². The molecule has 2 aromatic carbocycles. The lowest BCUT2D eigenvalue weighted by Gasteiger charge is -2.08. The molecule has 0 atom stereocenters. The van der Waals surface area contributed by atoms with E-state index < -0.39 is 0 Å². The molecule has 0 fully saturated rings. The lowest BCUT2D eigenvalue weighted by atomic mass is 10.0. The van der Waals surface area contributed by atoms with Gasteiger partial charge in [-0.3, -0.25) is 0 Å². The molecular weight excluding hydrogens is 262 g/mol. The topological polar surface area (TPSA) is 20.2 Å². The van der Waals surface area contributed by atoms with Gasteiger partial charge in [0.05, 0.1) is 6.61 Å². The third-order valence-electron chi connectivity index (χ3n) is 2.43. The molecule has 1 N–H and O–H groups in total. The standard InChI is InChI=1S/C13H9Cl2FO/c14-9-2-3-10(12(15)6-9)11-5-8(7-17)1-4-13(11)16/h1-6,17H,7H2. The normalized spacial score (nSPS) is 10.6. The van der Waals surface area contributed by atoms with E-state index in [0.717, 1.165) is 0 Å². The van der Waals surface area contributed by atoms with Gasteiger partial charge < -0.3 is 5.11 Å². The summed E-state index contributed by atoms with van der Waals surface area (Å²) in [6, 6.07) is 9.28. The first kappa shape index (κ1) is 12.4. The summed E-state index contributed by atoms with van der Waals surface area (Å²) < 4.78 is 13.7. The van der Waals surface area contributed by atoms with Gasteiger partial charge in [-0.2, -0.15) is 0 Å². The van der Waals surface area contributed by atoms with Crippen LogP contribution in [0.3, 0.4) is 0 Å². The molecule has 0 saturated heterocycles. The van der Waals surface area contributed by atoms with Gasteiger partial charge in [0, 0.05) is 21.2 Å². The van der Waals surface area contributed by atoms with Gasteiger partial charge in [0.15, 0.2) is 0 Å². The Morgan fingerprint density at radius 3 is 2.41 bits per heavy atom. The summed E-state index contributed by atoms with van der Waals surface area (Å²) in [6.07, 6.45) is 0. The van der Waals surface area contributed by atoms with Crippen molar-refractivity contribution in [3.8, 4) is 11.1 Å². The van der Waals surface area contributed by atoms with Gasteiger partial charge in [0.2, 0.25) is 0 Å². The van der Waals surface area contributed by atoms with Crippen LogP contribution in [-0.2, 0) is 6.61 Å². The van der Waals surface area contributed by atoms with E-state index in [1.807, 2.05) is 0 Å².